The SMILES string of the molecule is COc1ccc(S(=O)(=O)Nc2cccc(C(=O)NC[C@H]3CCCO3)c2)cc1. The number of benzene rings is 2. The van der Waals surface area contributed by atoms with Crippen molar-refractivity contribution in [3.05, 3.63) is 54.1 Å². The summed E-state index contributed by atoms with van der Waals surface area (Å²) >= 11 is 0. The second-order valence-electron chi connectivity index (χ2n) is 6.21. The number of rotatable bonds is 7. The van der Waals surface area contributed by atoms with Crippen LogP contribution in [0.1, 0.15) is 23.2 Å². The first kappa shape index (κ1) is 19.2. The van der Waals surface area contributed by atoms with Crippen LogP contribution in [0.3, 0.4) is 0 Å². The zero-order chi connectivity index (χ0) is 19.3. The molecule has 3 rings (SSSR count). The van der Waals surface area contributed by atoms with E-state index in [1.807, 2.05) is 0 Å². The van der Waals surface area contributed by atoms with Gasteiger partial charge in [0.25, 0.3) is 15.9 Å². The molecule has 2 N–H and O–H groups in total. The van der Waals surface area contributed by atoms with E-state index in [2.05, 4.69) is 10.0 Å². The summed E-state index contributed by atoms with van der Waals surface area (Å²) in [6.07, 6.45) is 1.98. The van der Waals surface area contributed by atoms with E-state index < -0.39 is 10.0 Å². The highest BCUT2D eigenvalue weighted by atomic mass is 32.2. The molecular weight excluding hydrogens is 368 g/mol. The fourth-order valence-electron chi connectivity index (χ4n) is 2.81. The Morgan fingerprint density at radius 3 is 2.67 bits per heavy atom. The molecule has 0 bridgehead atoms. The van der Waals surface area contributed by atoms with Gasteiger partial charge in [-0.3, -0.25) is 9.52 Å². The third-order valence-corrected chi connectivity index (χ3v) is 5.66. The van der Waals surface area contributed by atoms with Crippen molar-refractivity contribution in [1.82, 2.24) is 5.32 Å². The molecule has 0 saturated carbocycles. The summed E-state index contributed by atoms with van der Waals surface area (Å²) in [7, 11) is -2.25. The Kier molecular flexibility index (Phi) is 5.98. The minimum Gasteiger partial charge on any atom is -0.497 e. The number of nitrogens with one attached hydrogen (secondary N) is 2. The lowest BCUT2D eigenvalue weighted by molar-refractivity contribution is 0.0858. The maximum Gasteiger partial charge on any atom is 0.261 e. The standard InChI is InChI=1S/C19H22N2O5S/c1-25-16-7-9-18(10-8-16)27(23,24)21-15-5-2-4-14(12-15)19(22)20-13-17-6-3-11-26-17/h2,4-5,7-10,12,17,21H,3,6,11,13H2,1H3,(H,20,22)/t17-/m1/s1. The molecular formula is C19H22N2O5S. The number of sulfonamides is 1. The topological polar surface area (TPSA) is 93.7 Å². The first-order chi connectivity index (χ1) is 13.0. The molecule has 1 amide bonds. The molecule has 1 heterocycles. The minimum atomic E-state index is -3.76. The van der Waals surface area contributed by atoms with E-state index in [1.165, 1.54) is 25.3 Å². The zero-order valence-electron chi connectivity index (χ0n) is 15.0. The van der Waals surface area contributed by atoms with Gasteiger partial charge in [0.15, 0.2) is 0 Å². The number of hydrogen-bond donors (Lipinski definition) is 2. The molecule has 2 aromatic carbocycles. The normalized spacial score (nSPS) is 16.7. The molecule has 7 nitrogen and oxygen atoms in total. The van der Waals surface area contributed by atoms with Gasteiger partial charge in [0.05, 0.1) is 18.1 Å². The van der Waals surface area contributed by atoms with Gasteiger partial charge in [-0.25, -0.2) is 8.42 Å². The molecule has 1 aliphatic rings. The number of hydrogen-bond acceptors (Lipinski definition) is 5. The van der Waals surface area contributed by atoms with Crippen LogP contribution in [0, 0.1) is 0 Å². The monoisotopic (exact) mass is 390 g/mol. The van der Waals surface area contributed by atoms with Crippen molar-refractivity contribution < 1.29 is 22.7 Å². The van der Waals surface area contributed by atoms with Crippen molar-refractivity contribution in [1.29, 1.82) is 0 Å². The maximum atomic E-state index is 12.5. The van der Waals surface area contributed by atoms with Gasteiger partial charge in [0, 0.05) is 24.4 Å². The molecule has 0 radical (unpaired) electrons. The predicted octanol–water partition coefficient (Wildman–Crippen LogP) is 2.40. The van der Waals surface area contributed by atoms with Crippen LogP contribution in [0.25, 0.3) is 0 Å². The lowest BCUT2D eigenvalue weighted by Crippen LogP contribution is -2.31. The highest BCUT2D eigenvalue weighted by molar-refractivity contribution is 7.92. The van der Waals surface area contributed by atoms with Crippen LogP contribution >= 0.6 is 0 Å². The average molecular weight is 390 g/mol. The predicted molar refractivity (Wildman–Crippen MR) is 102 cm³/mol. The molecule has 27 heavy (non-hydrogen) atoms. The van der Waals surface area contributed by atoms with Crippen molar-refractivity contribution in [2.45, 2.75) is 23.8 Å². The van der Waals surface area contributed by atoms with E-state index >= 15 is 0 Å². The quantitative estimate of drug-likeness (QED) is 0.757. The summed E-state index contributed by atoms with van der Waals surface area (Å²) in [5.41, 5.74) is 0.693. The van der Waals surface area contributed by atoms with Gasteiger partial charge < -0.3 is 14.8 Å². The Labute approximate surface area is 158 Å². The molecule has 1 fully saturated rings. The molecule has 144 valence electrons. The summed E-state index contributed by atoms with van der Waals surface area (Å²) in [6, 6.07) is 12.4. The van der Waals surface area contributed by atoms with Crippen LogP contribution < -0.4 is 14.8 Å². The number of amides is 1. The molecule has 8 heteroatoms. The van der Waals surface area contributed by atoms with Gasteiger partial charge in [0.1, 0.15) is 5.75 Å². The van der Waals surface area contributed by atoms with Crippen LogP contribution in [0.5, 0.6) is 5.75 Å². The zero-order valence-corrected chi connectivity index (χ0v) is 15.8. The fourth-order valence-corrected chi connectivity index (χ4v) is 3.86. The van der Waals surface area contributed by atoms with E-state index in [0.717, 1.165) is 19.4 Å². The summed E-state index contributed by atoms with van der Waals surface area (Å²) < 4.78 is 38.0. The van der Waals surface area contributed by atoms with Gasteiger partial charge >= 0.3 is 0 Å². The average Bonchev–Trinajstić information content (AvgIpc) is 3.19. The Balaban J connectivity index is 1.67. The van der Waals surface area contributed by atoms with Crippen LogP contribution in [0.4, 0.5) is 5.69 Å². The van der Waals surface area contributed by atoms with Gasteiger partial charge in [-0.15, -0.1) is 0 Å². The first-order valence-electron chi connectivity index (χ1n) is 8.65. The molecule has 1 aliphatic heterocycles. The van der Waals surface area contributed by atoms with E-state index in [-0.39, 0.29) is 16.9 Å². The summed E-state index contributed by atoms with van der Waals surface area (Å²) in [6.45, 7) is 1.17. The summed E-state index contributed by atoms with van der Waals surface area (Å²) in [4.78, 5) is 12.4. The number of anilines is 1. The van der Waals surface area contributed by atoms with E-state index in [4.69, 9.17) is 9.47 Å². The number of carbonyl (C=O) groups is 1. The molecule has 0 spiro atoms. The van der Waals surface area contributed by atoms with Crippen molar-refractivity contribution >= 4 is 21.6 Å². The van der Waals surface area contributed by atoms with Crippen LogP contribution in [-0.2, 0) is 14.8 Å². The van der Waals surface area contributed by atoms with Crippen molar-refractivity contribution in [2.24, 2.45) is 0 Å². The third-order valence-electron chi connectivity index (χ3n) is 4.26. The fraction of sp³-hybridized carbons (Fsp3) is 0.316. The first-order valence-corrected chi connectivity index (χ1v) is 10.1. The lowest BCUT2D eigenvalue weighted by atomic mass is 10.2. The van der Waals surface area contributed by atoms with Crippen LogP contribution in [0.2, 0.25) is 0 Å². The molecule has 2 aromatic rings. The molecule has 0 unspecified atom stereocenters. The van der Waals surface area contributed by atoms with Crippen LogP contribution in [-0.4, -0.2) is 40.7 Å². The largest absolute Gasteiger partial charge is 0.497 e. The van der Waals surface area contributed by atoms with Gasteiger partial charge in [-0.1, -0.05) is 6.07 Å². The van der Waals surface area contributed by atoms with Crippen molar-refractivity contribution in [2.75, 3.05) is 25.0 Å². The minimum absolute atomic E-state index is 0.0470. The number of carbonyl (C=O) groups excluding carboxylic acids is 1. The number of ether oxygens (including phenoxy) is 2. The molecule has 0 aromatic heterocycles. The van der Waals surface area contributed by atoms with Gasteiger partial charge in [-0.05, 0) is 55.3 Å². The third kappa shape index (κ3) is 4.99. The Hall–Kier alpha value is -2.58. The van der Waals surface area contributed by atoms with Gasteiger partial charge in [0.2, 0.25) is 0 Å². The van der Waals surface area contributed by atoms with E-state index in [0.29, 0.717) is 23.5 Å². The summed E-state index contributed by atoms with van der Waals surface area (Å²) in [5, 5.41) is 2.82. The highest BCUT2D eigenvalue weighted by Gasteiger charge is 2.18. The van der Waals surface area contributed by atoms with E-state index in [9.17, 15) is 13.2 Å². The second-order valence-corrected chi connectivity index (χ2v) is 7.89. The van der Waals surface area contributed by atoms with Crippen LogP contribution in [0.15, 0.2) is 53.4 Å². The van der Waals surface area contributed by atoms with Crippen molar-refractivity contribution in [3.63, 3.8) is 0 Å². The summed E-state index contributed by atoms with van der Waals surface area (Å²) in [5.74, 6) is 0.301. The maximum absolute atomic E-state index is 12.5. The molecule has 0 aliphatic carbocycles. The Morgan fingerprint density at radius 2 is 2.00 bits per heavy atom. The lowest BCUT2D eigenvalue weighted by Gasteiger charge is -2.12. The molecule has 1 atom stereocenters. The Morgan fingerprint density at radius 1 is 1.22 bits per heavy atom. The van der Waals surface area contributed by atoms with E-state index in [1.54, 1.807) is 30.3 Å². The smallest absolute Gasteiger partial charge is 0.261 e. The molecule has 1 saturated heterocycles. The Bertz CT molecular complexity index is 891. The number of methoxy groups -OCH3 is 1. The van der Waals surface area contributed by atoms with Gasteiger partial charge in [-0.2, -0.15) is 0 Å². The highest BCUT2D eigenvalue weighted by Crippen LogP contribution is 2.20. The second kappa shape index (κ2) is 8.41. The van der Waals surface area contributed by atoms with Crippen molar-refractivity contribution in [3.8, 4) is 5.75 Å².